The number of phenols is 1. The third-order valence-electron chi connectivity index (χ3n) is 4.79. The minimum atomic E-state index is 0.141. The number of hydrogen-bond donors (Lipinski definition) is 3. The second-order valence-electron chi connectivity index (χ2n) is 7.92. The lowest BCUT2D eigenvalue weighted by molar-refractivity contribution is -1.10. The van der Waals surface area contributed by atoms with Crippen LogP contribution in [0.15, 0.2) is 24.4 Å². The molecule has 4 nitrogen and oxygen atoms in total. The van der Waals surface area contributed by atoms with E-state index in [1.807, 2.05) is 12.3 Å². The highest BCUT2D eigenvalue weighted by molar-refractivity contribution is 5.84. The maximum Gasteiger partial charge on any atom is 0.116 e. The molecule has 24 heavy (non-hydrogen) atoms. The third kappa shape index (κ3) is 5.25. The zero-order valence-corrected chi connectivity index (χ0v) is 15.5. The van der Waals surface area contributed by atoms with Crippen LogP contribution in [0, 0.1) is 11.8 Å². The van der Waals surface area contributed by atoms with Gasteiger partial charge in [-0.15, -0.1) is 0 Å². The van der Waals surface area contributed by atoms with Gasteiger partial charge in [-0.25, -0.2) is 5.21 Å². The highest BCUT2D eigenvalue weighted by atomic mass is 16.5. The maximum absolute atomic E-state index is 11.1. The lowest BCUT2D eigenvalue weighted by atomic mass is 10.1. The number of hydrogen-bond acceptors (Lipinski definition) is 2. The second-order valence-corrected chi connectivity index (χ2v) is 7.92. The van der Waals surface area contributed by atoms with E-state index in [9.17, 15) is 10.3 Å². The first-order chi connectivity index (χ1) is 11.3. The molecule has 0 atom stereocenters. The number of hydroxylamine groups is 3. The van der Waals surface area contributed by atoms with E-state index in [2.05, 4.69) is 32.7 Å². The molecule has 0 bridgehead atoms. The Morgan fingerprint density at radius 3 is 2.21 bits per heavy atom. The van der Waals surface area contributed by atoms with E-state index in [1.54, 1.807) is 12.1 Å². The third-order valence-corrected chi connectivity index (χ3v) is 4.79. The molecule has 0 aliphatic heterocycles. The summed E-state index contributed by atoms with van der Waals surface area (Å²) in [7, 11) is 0. The van der Waals surface area contributed by atoms with E-state index in [0.29, 0.717) is 18.4 Å². The van der Waals surface area contributed by atoms with Crippen LogP contribution in [0.1, 0.15) is 46.1 Å². The van der Waals surface area contributed by atoms with E-state index in [4.69, 9.17) is 0 Å². The molecule has 0 fully saturated rings. The van der Waals surface area contributed by atoms with Gasteiger partial charge < -0.3 is 10.1 Å². The van der Waals surface area contributed by atoms with Crippen LogP contribution in [-0.2, 0) is 6.42 Å². The molecule has 0 radical (unpaired) electrons. The van der Waals surface area contributed by atoms with Crippen molar-refractivity contribution in [2.45, 2.75) is 47.0 Å². The number of aromatic nitrogens is 1. The van der Waals surface area contributed by atoms with Gasteiger partial charge in [-0.05, 0) is 35.6 Å². The van der Waals surface area contributed by atoms with Crippen molar-refractivity contribution < 1.29 is 15.0 Å². The highest BCUT2D eigenvalue weighted by Crippen LogP contribution is 2.24. The molecule has 0 aliphatic carbocycles. The average molecular weight is 333 g/mol. The van der Waals surface area contributed by atoms with E-state index < -0.39 is 0 Å². The molecular formula is C20H33N2O2+. The molecule has 0 amide bonds. The first kappa shape index (κ1) is 18.8. The Labute approximate surface area is 145 Å². The Kier molecular flexibility index (Phi) is 6.30. The van der Waals surface area contributed by atoms with Gasteiger partial charge in [0.15, 0.2) is 0 Å². The number of fused-ring (bicyclic) bond motifs is 1. The molecule has 1 heterocycles. The van der Waals surface area contributed by atoms with Gasteiger partial charge >= 0.3 is 0 Å². The van der Waals surface area contributed by atoms with Gasteiger partial charge in [0, 0.05) is 36.4 Å². The summed E-state index contributed by atoms with van der Waals surface area (Å²) in [5.74, 6) is 1.48. The minimum absolute atomic E-state index is 0.141. The normalized spacial score (nSPS) is 12.6. The number of phenolic OH excluding ortho intramolecular Hbond substituents is 1. The molecule has 2 rings (SSSR count). The monoisotopic (exact) mass is 333 g/mol. The van der Waals surface area contributed by atoms with Crippen molar-refractivity contribution >= 4 is 10.9 Å². The summed E-state index contributed by atoms with van der Waals surface area (Å²) >= 11 is 0. The number of rotatable bonds is 9. The van der Waals surface area contributed by atoms with Gasteiger partial charge in [0.1, 0.15) is 25.4 Å². The summed E-state index contributed by atoms with van der Waals surface area (Å²) in [6, 6.07) is 5.39. The average Bonchev–Trinajstić information content (AvgIpc) is 2.91. The Hall–Kier alpha value is -1.52. The summed E-state index contributed by atoms with van der Waals surface area (Å²) in [4.78, 5) is 3.25. The minimum Gasteiger partial charge on any atom is -0.508 e. The molecule has 3 N–H and O–H groups in total. The molecule has 0 saturated heterocycles. The smallest absolute Gasteiger partial charge is 0.116 e. The largest absolute Gasteiger partial charge is 0.508 e. The molecular weight excluding hydrogens is 300 g/mol. The van der Waals surface area contributed by atoms with Gasteiger partial charge in [-0.3, -0.25) is 0 Å². The Morgan fingerprint density at radius 1 is 1.00 bits per heavy atom. The fourth-order valence-corrected chi connectivity index (χ4v) is 3.03. The number of aromatic hydroxyl groups is 1. The van der Waals surface area contributed by atoms with Crippen molar-refractivity contribution in [3.05, 3.63) is 30.0 Å². The summed E-state index contributed by atoms with van der Waals surface area (Å²) in [6.45, 7) is 11.1. The van der Waals surface area contributed by atoms with Crippen molar-refractivity contribution in [2.75, 3.05) is 19.6 Å². The van der Waals surface area contributed by atoms with Gasteiger partial charge in [-0.1, -0.05) is 27.7 Å². The molecule has 1 aromatic heterocycles. The summed E-state index contributed by atoms with van der Waals surface area (Å²) in [5, 5.41) is 21.9. The van der Waals surface area contributed by atoms with E-state index >= 15 is 0 Å². The Morgan fingerprint density at radius 2 is 1.62 bits per heavy atom. The van der Waals surface area contributed by atoms with Crippen molar-refractivity contribution in [3.8, 4) is 5.75 Å². The molecule has 0 unspecified atom stereocenters. The van der Waals surface area contributed by atoms with Crippen LogP contribution in [0.25, 0.3) is 10.9 Å². The number of quaternary nitrogens is 1. The van der Waals surface area contributed by atoms with Crippen LogP contribution in [0.2, 0.25) is 0 Å². The first-order valence-electron chi connectivity index (χ1n) is 9.17. The van der Waals surface area contributed by atoms with Crippen molar-refractivity contribution in [1.82, 2.24) is 4.98 Å². The predicted molar refractivity (Wildman–Crippen MR) is 99.2 cm³/mol. The molecule has 4 heteroatoms. The lowest BCUT2D eigenvalue weighted by Gasteiger charge is -2.31. The number of benzene rings is 1. The van der Waals surface area contributed by atoms with Crippen LogP contribution in [-0.4, -0.2) is 39.6 Å². The first-order valence-corrected chi connectivity index (χ1v) is 9.17. The van der Waals surface area contributed by atoms with E-state index in [-0.39, 0.29) is 10.4 Å². The summed E-state index contributed by atoms with van der Waals surface area (Å²) in [6.07, 6.45) is 4.86. The fraction of sp³-hybridized carbons (Fsp3) is 0.600. The highest BCUT2D eigenvalue weighted by Gasteiger charge is 2.26. The number of aromatic amines is 1. The van der Waals surface area contributed by atoms with Crippen molar-refractivity contribution in [1.29, 1.82) is 0 Å². The molecule has 0 saturated carbocycles. The standard InChI is InChI=1S/C20H32N2O2/c1-15(2)7-10-22(24,11-8-16(3)4)12-9-17-14-21-20-6-5-18(23)13-19(17)20/h5-6,13-16,21,24H,7-12H2,1-4H3/p+1. The maximum atomic E-state index is 11.1. The quantitative estimate of drug-likeness (QED) is 0.459. The van der Waals surface area contributed by atoms with Crippen LogP contribution in [0.3, 0.4) is 0 Å². The van der Waals surface area contributed by atoms with Crippen LogP contribution >= 0.6 is 0 Å². The van der Waals surface area contributed by atoms with Gasteiger partial charge in [0.25, 0.3) is 0 Å². The molecule has 1 aromatic carbocycles. The fourth-order valence-electron chi connectivity index (χ4n) is 3.03. The van der Waals surface area contributed by atoms with E-state index in [1.165, 1.54) is 0 Å². The zero-order valence-electron chi connectivity index (χ0n) is 15.5. The summed E-state index contributed by atoms with van der Waals surface area (Å²) < 4.78 is 0.141. The van der Waals surface area contributed by atoms with Crippen LogP contribution in [0.5, 0.6) is 5.75 Å². The van der Waals surface area contributed by atoms with Gasteiger partial charge in [0.05, 0.1) is 0 Å². The number of nitrogens with one attached hydrogen (secondary N) is 1. The SMILES string of the molecule is CC(C)CC[N+](O)(CCc1c[nH]c2ccc(O)cc12)CCC(C)C. The number of nitrogens with zero attached hydrogens (tertiary/aromatic N) is 1. The van der Waals surface area contributed by atoms with E-state index in [0.717, 1.165) is 48.8 Å². The van der Waals surface area contributed by atoms with Gasteiger partial charge in [-0.2, -0.15) is 4.65 Å². The second kappa shape index (κ2) is 8.04. The molecule has 2 aromatic rings. The van der Waals surface area contributed by atoms with Crippen LogP contribution < -0.4 is 0 Å². The Bertz CT molecular complexity index is 634. The zero-order chi connectivity index (χ0) is 17.7. The van der Waals surface area contributed by atoms with Gasteiger partial charge in [0.2, 0.25) is 0 Å². The Balaban J connectivity index is 2.08. The van der Waals surface area contributed by atoms with Crippen molar-refractivity contribution in [2.24, 2.45) is 11.8 Å². The molecule has 0 spiro atoms. The topological polar surface area (TPSA) is 56.2 Å². The van der Waals surface area contributed by atoms with Crippen molar-refractivity contribution in [3.63, 3.8) is 0 Å². The molecule has 0 aliphatic rings. The lowest BCUT2D eigenvalue weighted by Crippen LogP contribution is -2.48. The predicted octanol–water partition coefficient (Wildman–Crippen LogP) is 4.71. The van der Waals surface area contributed by atoms with Crippen LogP contribution in [0.4, 0.5) is 0 Å². The summed E-state index contributed by atoms with van der Waals surface area (Å²) in [5.41, 5.74) is 2.19. The number of H-pyrrole nitrogens is 1. The molecule has 134 valence electrons.